The molecular weight excluding hydrogens is 997 g/mol. The number of aliphatic carboxylic acids is 1. The van der Waals surface area contributed by atoms with E-state index in [9.17, 15) is 34.5 Å². The topological polar surface area (TPSA) is 175 Å². The highest BCUT2D eigenvalue weighted by Crippen LogP contribution is 2.26. The van der Waals surface area contributed by atoms with Crippen LogP contribution in [0.5, 0.6) is 0 Å². The number of esters is 3. The second-order valence-corrected chi connectivity index (χ2v) is 20.6. The summed E-state index contributed by atoms with van der Waals surface area (Å²) in [7, 11) is 0. The summed E-state index contributed by atoms with van der Waals surface area (Å²) in [5.41, 5.74) is 0. The fourth-order valence-corrected chi connectivity index (χ4v) is 8.65. The van der Waals surface area contributed by atoms with Gasteiger partial charge in [-0.15, -0.1) is 0 Å². The number of carboxylic acid groups (broad SMARTS) is 1. The molecule has 6 unspecified atom stereocenters. The number of unbranched alkanes of at least 4 members (excludes halogenated alkanes) is 19. The van der Waals surface area contributed by atoms with Crippen molar-refractivity contribution in [1.29, 1.82) is 0 Å². The van der Waals surface area contributed by atoms with Crippen LogP contribution in [0, 0.1) is 0 Å². The first-order valence-electron chi connectivity index (χ1n) is 30.9. The van der Waals surface area contributed by atoms with Gasteiger partial charge in [0.25, 0.3) is 0 Å². The molecule has 0 aliphatic carbocycles. The van der Waals surface area contributed by atoms with Gasteiger partial charge in [-0.2, -0.15) is 0 Å². The van der Waals surface area contributed by atoms with Crippen LogP contribution in [-0.4, -0.2) is 89.2 Å². The van der Waals surface area contributed by atoms with Crippen LogP contribution in [0.3, 0.4) is 0 Å². The third-order valence-electron chi connectivity index (χ3n) is 13.3. The first kappa shape index (κ1) is 72.4. The molecule has 79 heavy (non-hydrogen) atoms. The van der Waals surface area contributed by atoms with Crippen molar-refractivity contribution in [2.45, 2.75) is 276 Å². The molecule has 0 aromatic carbocycles. The average Bonchev–Trinajstić information content (AvgIpc) is 3.46. The summed E-state index contributed by atoms with van der Waals surface area (Å²) in [6.07, 6.45) is 60.4. The molecule has 1 saturated heterocycles. The van der Waals surface area contributed by atoms with Crippen LogP contribution in [0.1, 0.15) is 239 Å². The summed E-state index contributed by atoms with van der Waals surface area (Å²) in [4.78, 5) is 51.2. The van der Waals surface area contributed by atoms with Gasteiger partial charge < -0.3 is 39.0 Å². The lowest BCUT2D eigenvalue weighted by atomic mass is 9.98. The highest BCUT2D eigenvalue weighted by Gasteiger charge is 2.50. The molecule has 1 aliphatic rings. The number of hydrogen-bond donors (Lipinski definition) is 3. The van der Waals surface area contributed by atoms with E-state index in [1.54, 1.807) is 0 Å². The van der Waals surface area contributed by atoms with Crippen molar-refractivity contribution >= 4 is 23.9 Å². The van der Waals surface area contributed by atoms with E-state index in [1.807, 2.05) is 0 Å². The number of ether oxygens (including phenoxy) is 5. The van der Waals surface area contributed by atoms with Crippen LogP contribution < -0.4 is 0 Å². The molecule has 0 aromatic rings. The van der Waals surface area contributed by atoms with Crippen molar-refractivity contribution in [3.8, 4) is 0 Å². The molecule has 448 valence electrons. The lowest BCUT2D eigenvalue weighted by Gasteiger charge is -2.40. The predicted octanol–water partition coefficient (Wildman–Crippen LogP) is 16.2. The molecule has 12 heteroatoms. The monoisotopic (exact) mass is 1100 g/mol. The molecule has 1 aliphatic heterocycles. The highest BCUT2D eigenvalue weighted by atomic mass is 16.7. The van der Waals surface area contributed by atoms with Gasteiger partial charge in [-0.25, -0.2) is 4.79 Å². The minimum absolute atomic E-state index is 0.0365. The quantitative estimate of drug-likeness (QED) is 0.0228. The molecule has 1 heterocycles. The molecule has 3 N–H and O–H groups in total. The van der Waals surface area contributed by atoms with Crippen molar-refractivity contribution in [1.82, 2.24) is 0 Å². The minimum Gasteiger partial charge on any atom is -0.479 e. The van der Waals surface area contributed by atoms with Gasteiger partial charge in [-0.05, 0) is 116 Å². The van der Waals surface area contributed by atoms with Crippen molar-refractivity contribution in [2.24, 2.45) is 0 Å². The van der Waals surface area contributed by atoms with E-state index in [4.69, 9.17) is 23.7 Å². The molecular formula is C67H108O12. The van der Waals surface area contributed by atoms with Gasteiger partial charge in [-0.1, -0.05) is 214 Å². The Morgan fingerprint density at radius 2 is 0.797 bits per heavy atom. The van der Waals surface area contributed by atoms with Crippen LogP contribution >= 0.6 is 0 Å². The molecule has 0 radical (unpaired) electrons. The third kappa shape index (κ3) is 43.8. The van der Waals surface area contributed by atoms with Crippen LogP contribution in [0.4, 0.5) is 0 Å². The van der Waals surface area contributed by atoms with E-state index >= 15 is 0 Å². The van der Waals surface area contributed by atoms with Crippen LogP contribution in [0.15, 0.2) is 109 Å². The van der Waals surface area contributed by atoms with E-state index < -0.39 is 67.3 Å². The van der Waals surface area contributed by atoms with Gasteiger partial charge in [0.05, 0.1) is 6.61 Å². The van der Waals surface area contributed by atoms with Crippen molar-refractivity contribution in [3.05, 3.63) is 109 Å². The standard InChI is InChI=1S/C67H108O12/c1-4-7-10-13-16-19-22-25-27-29-30-32-34-37-40-43-46-49-52-55-61(70)78-65-63(72)62(71)64(66(73)74)79-67(65)76-57-58(77-60(69)54-51-48-45-42-39-35-24-21-18-15-12-9-6-3)56-75-59(68)53-50-47-44-41-38-36-33-31-28-26-23-20-17-14-11-8-5-2/h7-8,10-12,15-17,19-21,24-28,30,32,58,62-65,67,71-72H,4-6,9,13-14,18,22-23,29,31,33-57H2,1-3H3,(H,73,74)/b10-7-,11-8-,15-12-,19-16-,20-17-,24-21-,27-25-,28-26-,32-30-. The van der Waals surface area contributed by atoms with Crippen molar-refractivity contribution < 1.29 is 58.2 Å². The largest absolute Gasteiger partial charge is 0.479 e. The third-order valence-corrected chi connectivity index (χ3v) is 13.3. The molecule has 0 bridgehead atoms. The van der Waals surface area contributed by atoms with E-state index in [0.717, 1.165) is 173 Å². The zero-order chi connectivity index (χ0) is 57.5. The van der Waals surface area contributed by atoms with Crippen molar-refractivity contribution in [3.63, 3.8) is 0 Å². The first-order chi connectivity index (χ1) is 38.6. The maximum atomic E-state index is 13.2. The second kappa shape index (κ2) is 54.0. The van der Waals surface area contributed by atoms with Gasteiger partial charge >= 0.3 is 23.9 Å². The fraction of sp³-hybridized carbons (Fsp3) is 0.672. The normalized spacial score (nSPS) is 18.6. The number of hydrogen-bond acceptors (Lipinski definition) is 11. The van der Waals surface area contributed by atoms with E-state index in [0.29, 0.717) is 19.3 Å². The number of carbonyl (C=O) groups excluding carboxylic acids is 3. The zero-order valence-corrected chi connectivity index (χ0v) is 49.3. The summed E-state index contributed by atoms with van der Waals surface area (Å²) in [6.45, 7) is 5.68. The number of aliphatic hydroxyl groups excluding tert-OH is 2. The number of carbonyl (C=O) groups is 4. The predicted molar refractivity (Wildman–Crippen MR) is 321 cm³/mol. The number of carboxylic acids is 1. The second-order valence-electron chi connectivity index (χ2n) is 20.6. The molecule has 0 amide bonds. The number of aliphatic hydroxyl groups is 2. The van der Waals surface area contributed by atoms with Gasteiger partial charge in [0.1, 0.15) is 18.8 Å². The Bertz CT molecular complexity index is 1790. The van der Waals surface area contributed by atoms with Gasteiger partial charge in [0, 0.05) is 19.3 Å². The first-order valence-corrected chi connectivity index (χ1v) is 30.9. The minimum atomic E-state index is -1.92. The maximum absolute atomic E-state index is 13.2. The lowest BCUT2D eigenvalue weighted by Crippen LogP contribution is -2.61. The van der Waals surface area contributed by atoms with Crippen molar-refractivity contribution in [2.75, 3.05) is 13.2 Å². The Morgan fingerprint density at radius 3 is 1.22 bits per heavy atom. The van der Waals surface area contributed by atoms with Crippen LogP contribution in [0.2, 0.25) is 0 Å². The van der Waals surface area contributed by atoms with Gasteiger partial charge in [0.2, 0.25) is 0 Å². The summed E-state index contributed by atoms with van der Waals surface area (Å²) in [6, 6.07) is 0. The van der Waals surface area contributed by atoms with Crippen LogP contribution in [-0.2, 0) is 42.9 Å². The zero-order valence-electron chi connectivity index (χ0n) is 49.3. The Labute approximate surface area is 478 Å². The molecule has 0 saturated carbocycles. The SMILES string of the molecule is CC/C=C\C/C=C\C/C=C\C/C=C\CCCCCCCCC(=O)OC1C(OCC(COC(=O)CCCCCCCCC/C=C\C/C=C\C/C=C\CC)OC(=O)CCCCCCC/C=C\C/C=C\CCC)OC(C(=O)O)C(O)C1O. The Kier molecular flexibility index (Phi) is 49.5. The van der Waals surface area contributed by atoms with E-state index in [2.05, 4.69) is 130 Å². The molecule has 1 rings (SSSR count). The van der Waals surface area contributed by atoms with Gasteiger partial charge in [-0.3, -0.25) is 14.4 Å². The fourth-order valence-electron chi connectivity index (χ4n) is 8.65. The Hall–Kier alpha value is -4.62. The number of allylic oxidation sites excluding steroid dienone is 18. The molecule has 12 nitrogen and oxygen atoms in total. The summed E-state index contributed by atoms with van der Waals surface area (Å²) in [5, 5.41) is 31.5. The molecule has 6 atom stereocenters. The van der Waals surface area contributed by atoms with E-state index in [-0.39, 0.29) is 25.9 Å². The maximum Gasteiger partial charge on any atom is 0.335 e. The van der Waals surface area contributed by atoms with E-state index in [1.165, 1.54) is 6.42 Å². The molecule has 0 aromatic heterocycles. The summed E-state index contributed by atoms with van der Waals surface area (Å²) < 4.78 is 28.4. The number of rotatable bonds is 51. The Morgan fingerprint density at radius 1 is 0.430 bits per heavy atom. The van der Waals surface area contributed by atoms with Crippen LogP contribution in [0.25, 0.3) is 0 Å². The summed E-state index contributed by atoms with van der Waals surface area (Å²) >= 11 is 0. The summed E-state index contributed by atoms with van der Waals surface area (Å²) in [5.74, 6) is -3.18. The molecule has 1 fully saturated rings. The Balaban J connectivity index is 2.68. The van der Waals surface area contributed by atoms with Gasteiger partial charge in [0.15, 0.2) is 24.6 Å². The lowest BCUT2D eigenvalue weighted by molar-refractivity contribution is -0.301. The average molecular weight is 1110 g/mol. The smallest absolute Gasteiger partial charge is 0.335 e. The molecule has 0 spiro atoms. The highest BCUT2D eigenvalue weighted by molar-refractivity contribution is 5.74.